The fraction of sp³-hybridized carbons (Fsp3) is 0.0833. The van der Waals surface area contributed by atoms with Crippen LogP contribution in [0, 0.1) is 0 Å². The molecule has 0 bridgehead atoms. The maximum absolute atomic E-state index is 5.95. The van der Waals surface area contributed by atoms with Crippen molar-refractivity contribution in [3.63, 3.8) is 0 Å². The van der Waals surface area contributed by atoms with E-state index in [0.717, 1.165) is 22.3 Å². The predicted octanol–water partition coefficient (Wildman–Crippen LogP) is 3.22. The molecule has 0 fully saturated rings. The molecule has 0 amide bonds. The maximum atomic E-state index is 5.95. The van der Waals surface area contributed by atoms with Crippen LogP contribution in [0.5, 0.6) is 0 Å². The lowest BCUT2D eigenvalue weighted by atomic mass is 10.2. The van der Waals surface area contributed by atoms with Crippen molar-refractivity contribution in [2.75, 3.05) is 0 Å². The van der Waals surface area contributed by atoms with Gasteiger partial charge in [-0.15, -0.1) is 0 Å². The van der Waals surface area contributed by atoms with Crippen molar-refractivity contribution in [1.82, 2.24) is 14.8 Å². The quantitative estimate of drug-likeness (QED) is 0.686. The highest BCUT2D eigenvalue weighted by atomic mass is 35.5. The zero-order valence-corrected chi connectivity index (χ0v) is 9.49. The maximum Gasteiger partial charge on any atom is 0.0945 e. The van der Waals surface area contributed by atoms with Crippen LogP contribution in [-0.4, -0.2) is 14.8 Å². The summed E-state index contributed by atoms with van der Waals surface area (Å²) in [5.74, 6) is 0. The van der Waals surface area contributed by atoms with Crippen LogP contribution in [0.15, 0.2) is 36.5 Å². The van der Waals surface area contributed by atoms with Gasteiger partial charge in [-0.2, -0.15) is 5.10 Å². The number of aryl methyl sites for hydroxylation is 1. The minimum atomic E-state index is 0.712. The highest BCUT2D eigenvalue weighted by Gasteiger charge is 2.11. The summed E-state index contributed by atoms with van der Waals surface area (Å²) >= 11 is 5.95. The topological polar surface area (TPSA) is 33.6 Å². The van der Waals surface area contributed by atoms with Gasteiger partial charge in [0.1, 0.15) is 0 Å². The SMILES string of the molecule is Cn1nc2cc(Cl)ccc2c1-c1ccc[nH]1. The minimum Gasteiger partial charge on any atom is -0.360 e. The van der Waals surface area contributed by atoms with Gasteiger partial charge in [0.15, 0.2) is 0 Å². The molecule has 3 aromatic rings. The molecule has 0 spiro atoms. The summed E-state index contributed by atoms with van der Waals surface area (Å²) in [7, 11) is 1.93. The first-order valence-electron chi connectivity index (χ1n) is 5.02. The molecule has 0 radical (unpaired) electrons. The highest BCUT2D eigenvalue weighted by molar-refractivity contribution is 6.31. The molecule has 0 saturated carbocycles. The molecule has 2 aromatic heterocycles. The van der Waals surface area contributed by atoms with E-state index in [1.54, 1.807) is 0 Å². The molecule has 0 aliphatic carbocycles. The second-order valence-corrected chi connectivity index (χ2v) is 4.15. The van der Waals surface area contributed by atoms with E-state index in [0.29, 0.717) is 5.02 Å². The molecule has 0 aliphatic rings. The fourth-order valence-corrected chi connectivity index (χ4v) is 2.14. The molecule has 2 heterocycles. The van der Waals surface area contributed by atoms with E-state index in [2.05, 4.69) is 10.1 Å². The fourth-order valence-electron chi connectivity index (χ4n) is 1.97. The smallest absolute Gasteiger partial charge is 0.0945 e. The van der Waals surface area contributed by atoms with E-state index in [1.807, 2.05) is 48.3 Å². The second kappa shape index (κ2) is 3.39. The van der Waals surface area contributed by atoms with Crippen LogP contribution in [0.1, 0.15) is 0 Å². The zero-order chi connectivity index (χ0) is 11.1. The lowest BCUT2D eigenvalue weighted by Crippen LogP contribution is -1.93. The van der Waals surface area contributed by atoms with E-state index in [-0.39, 0.29) is 0 Å². The van der Waals surface area contributed by atoms with Crippen molar-refractivity contribution in [3.8, 4) is 11.4 Å². The molecule has 0 unspecified atom stereocenters. The average Bonchev–Trinajstić information content (AvgIpc) is 2.83. The van der Waals surface area contributed by atoms with Crippen LogP contribution in [0.2, 0.25) is 5.02 Å². The first-order chi connectivity index (χ1) is 7.75. The molecule has 3 nitrogen and oxygen atoms in total. The monoisotopic (exact) mass is 231 g/mol. The number of rotatable bonds is 1. The Morgan fingerprint density at radius 2 is 2.19 bits per heavy atom. The molecular weight excluding hydrogens is 222 g/mol. The number of benzene rings is 1. The summed E-state index contributed by atoms with van der Waals surface area (Å²) in [6, 6.07) is 9.78. The number of hydrogen-bond donors (Lipinski definition) is 1. The Balaban J connectivity index is 2.36. The third-order valence-corrected chi connectivity index (χ3v) is 2.88. The standard InChI is InChI=1S/C12H10ClN3/c1-16-12(10-3-2-6-14-10)9-5-4-8(13)7-11(9)15-16/h2-7,14H,1H3. The molecule has 16 heavy (non-hydrogen) atoms. The van der Waals surface area contributed by atoms with Crippen LogP contribution in [0.4, 0.5) is 0 Å². The average molecular weight is 232 g/mol. The summed E-state index contributed by atoms with van der Waals surface area (Å²) < 4.78 is 1.87. The van der Waals surface area contributed by atoms with Crippen molar-refractivity contribution in [2.45, 2.75) is 0 Å². The Kier molecular flexibility index (Phi) is 2.01. The van der Waals surface area contributed by atoms with Gasteiger partial charge in [-0.3, -0.25) is 4.68 Å². The van der Waals surface area contributed by atoms with Crippen LogP contribution >= 0.6 is 11.6 Å². The Morgan fingerprint density at radius 3 is 2.94 bits per heavy atom. The lowest BCUT2D eigenvalue weighted by molar-refractivity contribution is 0.786. The molecule has 0 saturated heterocycles. The number of H-pyrrole nitrogens is 1. The molecule has 3 rings (SSSR count). The summed E-state index contributed by atoms with van der Waals surface area (Å²) in [6.07, 6.45) is 1.91. The van der Waals surface area contributed by atoms with E-state index in [1.165, 1.54) is 0 Å². The van der Waals surface area contributed by atoms with Gasteiger partial charge in [-0.1, -0.05) is 11.6 Å². The molecular formula is C12H10ClN3. The van der Waals surface area contributed by atoms with Gasteiger partial charge in [0.05, 0.1) is 16.9 Å². The van der Waals surface area contributed by atoms with Gasteiger partial charge in [-0.25, -0.2) is 0 Å². The van der Waals surface area contributed by atoms with Gasteiger partial charge >= 0.3 is 0 Å². The number of aromatic amines is 1. The van der Waals surface area contributed by atoms with Crippen molar-refractivity contribution < 1.29 is 0 Å². The van der Waals surface area contributed by atoms with E-state index in [9.17, 15) is 0 Å². The van der Waals surface area contributed by atoms with Crippen molar-refractivity contribution >= 4 is 22.5 Å². The van der Waals surface area contributed by atoms with E-state index in [4.69, 9.17) is 11.6 Å². The number of halogens is 1. The number of fused-ring (bicyclic) bond motifs is 1. The highest BCUT2D eigenvalue weighted by Crippen LogP contribution is 2.28. The molecule has 4 heteroatoms. The molecule has 0 atom stereocenters. The molecule has 1 aromatic carbocycles. The summed E-state index contributed by atoms with van der Waals surface area (Å²) in [4.78, 5) is 3.19. The van der Waals surface area contributed by atoms with Crippen molar-refractivity contribution in [2.24, 2.45) is 7.05 Å². The lowest BCUT2D eigenvalue weighted by Gasteiger charge is -1.99. The van der Waals surface area contributed by atoms with E-state index < -0.39 is 0 Å². The zero-order valence-electron chi connectivity index (χ0n) is 8.74. The Bertz CT molecular complexity index is 638. The first-order valence-corrected chi connectivity index (χ1v) is 5.39. The van der Waals surface area contributed by atoms with Crippen molar-refractivity contribution in [3.05, 3.63) is 41.6 Å². The third-order valence-electron chi connectivity index (χ3n) is 2.65. The van der Waals surface area contributed by atoms with Gasteiger partial charge in [0.2, 0.25) is 0 Å². The van der Waals surface area contributed by atoms with Gasteiger partial charge in [-0.05, 0) is 30.3 Å². The number of hydrogen-bond acceptors (Lipinski definition) is 1. The normalized spacial score (nSPS) is 11.1. The Hall–Kier alpha value is -1.74. The minimum absolute atomic E-state index is 0.712. The number of nitrogens with one attached hydrogen (secondary N) is 1. The van der Waals surface area contributed by atoms with Crippen LogP contribution in [0.3, 0.4) is 0 Å². The number of nitrogens with zero attached hydrogens (tertiary/aromatic N) is 2. The molecule has 1 N–H and O–H groups in total. The van der Waals surface area contributed by atoms with Crippen molar-refractivity contribution in [1.29, 1.82) is 0 Å². The largest absolute Gasteiger partial charge is 0.360 e. The van der Waals surface area contributed by atoms with Gasteiger partial charge in [0, 0.05) is 23.7 Å². The Labute approximate surface area is 97.7 Å². The molecule has 0 aliphatic heterocycles. The Morgan fingerprint density at radius 1 is 1.31 bits per heavy atom. The van der Waals surface area contributed by atoms with Gasteiger partial charge in [0.25, 0.3) is 0 Å². The van der Waals surface area contributed by atoms with Crippen LogP contribution in [0.25, 0.3) is 22.3 Å². The second-order valence-electron chi connectivity index (χ2n) is 3.72. The predicted molar refractivity (Wildman–Crippen MR) is 65.5 cm³/mol. The van der Waals surface area contributed by atoms with Gasteiger partial charge < -0.3 is 4.98 Å². The van der Waals surface area contributed by atoms with Crippen LogP contribution in [-0.2, 0) is 7.05 Å². The van der Waals surface area contributed by atoms with E-state index >= 15 is 0 Å². The van der Waals surface area contributed by atoms with Crippen LogP contribution < -0.4 is 0 Å². The summed E-state index contributed by atoms with van der Waals surface area (Å²) in [5.41, 5.74) is 3.06. The first kappa shape index (κ1) is 9.48. The summed E-state index contributed by atoms with van der Waals surface area (Å²) in [6.45, 7) is 0. The molecule has 80 valence electrons. The third kappa shape index (κ3) is 1.32. The number of aromatic nitrogens is 3. The summed E-state index contributed by atoms with van der Waals surface area (Å²) in [5, 5.41) is 6.26.